The number of nitro groups is 1. The maximum absolute atomic E-state index is 10.4. The number of hydrogen-bond donors (Lipinski definition) is 2. The summed E-state index contributed by atoms with van der Waals surface area (Å²) in [6, 6.07) is 0. The Morgan fingerprint density at radius 1 is 1.57 bits per heavy atom. The van der Waals surface area contributed by atoms with Gasteiger partial charge in [0.1, 0.15) is 0 Å². The van der Waals surface area contributed by atoms with Crippen LogP contribution in [0.1, 0.15) is 17.1 Å². The Bertz CT molecular complexity index is 505. The standard InChI is InChI=1S/C14H25N5O2S2/c1-15-13(9-19(20)21)16-6-8-22-10-12-11-23-14(17-12)5-4-7-18(2)3/h9,11,15-16H,4-8,10H2,1-3H3. The van der Waals surface area contributed by atoms with Crippen LogP contribution in [-0.4, -0.2) is 54.8 Å². The van der Waals surface area contributed by atoms with Gasteiger partial charge < -0.3 is 15.5 Å². The third-order valence-electron chi connectivity index (χ3n) is 2.91. The van der Waals surface area contributed by atoms with E-state index in [0.717, 1.165) is 42.8 Å². The van der Waals surface area contributed by atoms with Gasteiger partial charge in [-0.15, -0.1) is 11.3 Å². The largest absolute Gasteiger partial charge is 0.370 e. The summed E-state index contributed by atoms with van der Waals surface area (Å²) >= 11 is 3.50. The predicted octanol–water partition coefficient (Wildman–Crippen LogP) is 1.76. The molecule has 0 unspecified atom stereocenters. The Morgan fingerprint density at radius 3 is 3.00 bits per heavy atom. The van der Waals surface area contributed by atoms with Crippen LogP contribution < -0.4 is 10.6 Å². The van der Waals surface area contributed by atoms with E-state index in [1.165, 1.54) is 5.01 Å². The zero-order valence-corrected chi connectivity index (χ0v) is 15.5. The van der Waals surface area contributed by atoms with Crippen LogP contribution >= 0.6 is 23.1 Å². The second-order valence-electron chi connectivity index (χ2n) is 5.20. The van der Waals surface area contributed by atoms with Gasteiger partial charge in [-0.3, -0.25) is 10.1 Å². The molecule has 0 aliphatic heterocycles. The molecule has 0 spiro atoms. The molecule has 0 amide bonds. The Balaban J connectivity index is 2.18. The molecule has 1 heterocycles. The summed E-state index contributed by atoms with van der Waals surface area (Å²) in [6.07, 6.45) is 3.10. The van der Waals surface area contributed by atoms with Gasteiger partial charge in [0.25, 0.3) is 6.20 Å². The van der Waals surface area contributed by atoms with E-state index >= 15 is 0 Å². The van der Waals surface area contributed by atoms with Crippen molar-refractivity contribution < 1.29 is 4.92 Å². The summed E-state index contributed by atoms with van der Waals surface area (Å²) < 4.78 is 0. The third-order valence-corrected chi connectivity index (χ3v) is 4.86. The Hall–Kier alpha value is -1.32. The van der Waals surface area contributed by atoms with Crippen molar-refractivity contribution in [2.24, 2.45) is 0 Å². The molecular formula is C14H25N5O2S2. The number of hydrogen-bond acceptors (Lipinski definition) is 8. The maximum Gasteiger partial charge on any atom is 0.274 e. The maximum atomic E-state index is 10.4. The monoisotopic (exact) mass is 359 g/mol. The Labute approximate surface area is 145 Å². The highest BCUT2D eigenvalue weighted by Gasteiger charge is 2.03. The van der Waals surface area contributed by atoms with Gasteiger partial charge in [-0.2, -0.15) is 11.8 Å². The zero-order valence-electron chi connectivity index (χ0n) is 13.9. The van der Waals surface area contributed by atoms with Crippen LogP contribution in [0.2, 0.25) is 0 Å². The van der Waals surface area contributed by atoms with Crippen molar-refractivity contribution in [3.63, 3.8) is 0 Å². The van der Waals surface area contributed by atoms with Crippen molar-refractivity contribution in [1.29, 1.82) is 0 Å². The first-order valence-corrected chi connectivity index (χ1v) is 9.47. The normalized spacial score (nSPS) is 11.7. The van der Waals surface area contributed by atoms with Crippen LogP contribution in [0.25, 0.3) is 0 Å². The fourth-order valence-electron chi connectivity index (χ4n) is 1.82. The predicted molar refractivity (Wildman–Crippen MR) is 97.3 cm³/mol. The molecule has 1 aromatic rings. The number of thioether (sulfide) groups is 1. The van der Waals surface area contributed by atoms with E-state index < -0.39 is 4.92 Å². The number of rotatable bonds is 12. The highest BCUT2D eigenvalue weighted by atomic mass is 32.2. The van der Waals surface area contributed by atoms with Gasteiger partial charge in [-0.05, 0) is 27.1 Å². The third kappa shape index (κ3) is 9.42. The number of nitrogens with zero attached hydrogens (tertiary/aromatic N) is 3. The summed E-state index contributed by atoms with van der Waals surface area (Å²) in [4.78, 5) is 16.7. The minimum absolute atomic E-state index is 0.424. The lowest BCUT2D eigenvalue weighted by molar-refractivity contribution is -0.404. The number of aromatic nitrogens is 1. The van der Waals surface area contributed by atoms with Crippen molar-refractivity contribution in [2.75, 3.05) is 40.0 Å². The molecule has 0 saturated heterocycles. The summed E-state index contributed by atoms with van der Waals surface area (Å²) in [7, 11) is 5.82. The average molecular weight is 360 g/mol. The molecule has 0 aromatic carbocycles. The first-order valence-electron chi connectivity index (χ1n) is 7.44. The van der Waals surface area contributed by atoms with Crippen LogP contribution in [-0.2, 0) is 12.2 Å². The van der Waals surface area contributed by atoms with Crippen molar-refractivity contribution in [2.45, 2.75) is 18.6 Å². The van der Waals surface area contributed by atoms with Gasteiger partial charge in [0.15, 0.2) is 5.82 Å². The molecule has 1 aromatic heterocycles. The molecule has 0 saturated carbocycles. The fourth-order valence-corrected chi connectivity index (χ4v) is 3.51. The summed E-state index contributed by atoms with van der Waals surface area (Å²) in [5, 5.41) is 19.5. The van der Waals surface area contributed by atoms with E-state index in [9.17, 15) is 10.1 Å². The molecule has 1 rings (SSSR count). The molecular weight excluding hydrogens is 334 g/mol. The van der Waals surface area contributed by atoms with Crippen LogP contribution in [0.15, 0.2) is 17.4 Å². The van der Waals surface area contributed by atoms with Crippen molar-refractivity contribution >= 4 is 23.1 Å². The molecule has 2 N–H and O–H groups in total. The fraction of sp³-hybridized carbons (Fsp3) is 0.643. The van der Waals surface area contributed by atoms with Crippen LogP contribution in [0, 0.1) is 10.1 Å². The number of aryl methyl sites for hydroxylation is 1. The summed E-state index contributed by atoms with van der Waals surface area (Å²) in [5.74, 6) is 2.16. The molecule has 9 heteroatoms. The zero-order chi connectivity index (χ0) is 17.1. The summed E-state index contributed by atoms with van der Waals surface area (Å²) in [5.41, 5.74) is 1.12. The molecule has 0 fully saturated rings. The smallest absolute Gasteiger partial charge is 0.274 e. The molecule has 0 atom stereocenters. The first kappa shape index (κ1) is 19.7. The van der Waals surface area contributed by atoms with Crippen LogP contribution in [0.3, 0.4) is 0 Å². The average Bonchev–Trinajstić information content (AvgIpc) is 2.92. The van der Waals surface area contributed by atoms with Crippen molar-refractivity contribution in [3.05, 3.63) is 38.2 Å². The van der Waals surface area contributed by atoms with Crippen molar-refractivity contribution in [3.8, 4) is 0 Å². The quantitative estimate of drug-likeness (QED) is 0.334. The van der Waals surface area contributed by atoms with E-state index in [1.54, 1.807) is 30.1 Å². The number of nitrogens with one attached hydrogen (secondary N) is 2. The van der Waals surface area contributed by atoms with E-state index in [4.69, 9.17) is 0 Å². The molecule has 130 valence electrons. The minimum atomic E-state index is -0.473. The first-order chi connectivity index (χ1) is 11.0. The Morgan fingerprint density at radius 2 is 2.35 bits per heavy atom. The minimum Gasteiger partial charge on any atom is -0.370 e. The second kappa shape index (κ2) is 11.3. The lowest BCUT2D eigenvalue weighted by atomic mass is 10.3. The molecule has 23 heavy (non-hydrogen) atoms. The molecule has 0 aliphatic rings. The second-order valence-corrected chi connectivity index (χ2v) is 7.24. The van der Waals surface area contributed by atoms with Crippen molar-refractivity contribution in [1.82, 2.24) is 20.5 Å². The topological polar surface area (TPSA) is 83.3 Å². The van der Waals surface area contributed by atoms with Gasteiger partial charge in [0, 0.05) is 36.9 Å². The lowest BCUT2D eigenvalue weighted by Crippen LogP contribution is -2.26. The van der Waals surface area contributed by atoms with Crippen LogP contribution in [0.5, 0.6) is 0 Å². The highest BCUT2D eigenvalue weighted by molar-refractivity contribution is 7.98. The van der Waals surface area contributed by atoms with E-state index in [0.29, 0.717) is 12.4 Å². The van der Waals surface area contributed by atoms with Gasteiger partial charge in [-0.25, -0.2) is 4.98 Å². The molecule has 0 aliphatic carbocycles. The SMILES string of the molecule is CNC(=C[N+](=O)[O-])NCCSCc1csc(CCCN(C)C)n1. The molecule has 7 nitrogen and oxygen atoms in total. The van der Waals surface area contributed by atoms with E-state index in [-0.39, 0.29) is 0 Å². The summed E-state index contributed by atoms with van der Waals surface area (Å²) in [6.45, 7) is 1.76. The highest BCUT2D eigenvalue weighted by Crippen LogP contribution is 2.16. The lowest BCUT2D eigenvalue weighted by Gasteiger charge is -2.07. The molecule has 0 radical (unpaired) electrons. The number of thiazole rings is 1. The van der Waals surface area contributed by atoms with Gasteiger partial charge >= 0.3 is 0 Å². The van der Waals surface area contributed by atoms with E-state index in [2.05, 4.69) is 40.0 Å². The van der Waals surface area contributed by atoms with Gasteiger partial charge in [-0.1, -0.05) is 0 Å². The van der Waals surface area contributed by atoms with Gasteiger partial charge in [0.05, 0.1) is 15.6 Å². The van der Waals surface area contributed by atoms with Gasteiger partial charge in [0.2, 0.25) is 0 Å². The van der Waals surface area contributed by atoms with E-state index in [1.807, 2.05) is 0 Å². The Kier molecular flexibility index (Phi) is 9.65. The molecule has 0 bridgehead atoms. The van der Waals surface area contributed by atoms with Crippen LogP contribution in [0.4, 0.5) is 0 Å².